The SMILES string of the molecule is CCOC1(C(N)CCc2ccccc2)CCCC1. The largest absolute Gasteiger partial charge is 0.374 e. The molecule has 0 bridgehead atoms. The molecule has 0 saturated heterocycles. The smallest absolute Gasteiger partial charge is 0.0832 e. The van der Waals surface area contributed by atoms with E-state index in [4.69, 9.17) is 10.5 Å². The molecule has 1 aromatic carbocycles. The average Bonchev–Trinajstić information content (AvgIpc) is 2.87. The van der Waals surface area contributed by atoms with Crippen LogP contribution >= 0.6 is 0 Å². The number of nitrogens with two attached hydrogens (primary N) is 1. The Bertz CT molecular complexity index is 343. The van der Waals surface area contributed by atoms with Crippen molar-refractivity contribution in [2.24, 2.45) is 5.73 Å². The van der Waals surface area contributed by atoms with Crippen LogP contribution in [0.15, 0.2) is 30.3 Å². The molecule has 2 heteroatoms. The molecule has 1 aliphatic rings. The molecule has 1 aromatic rings. The maximum absolute atomic E-state index is 6.42. The van der Waals surface area contributed by atoms with Crippen molar-refractivity contribution >= 4 is 0 Å². The van der Waals surface area contributed by atoms with E-state index in [0.29, 0.717) is 0 Å². The molecule has 0 spiro atoms. The van der Waals surface area contributed by atoms with Crippen LogP contribution in [0.1, 0.15) is 44.6 Å². The molecule has 1 atom stereocenters. The van der Waals surface area contributed by atoms with Crippen LogP contribution in [0.4, 0.5) is 0 Å². The minimum absolute atomic E-state index is 0.0382. The second-order valence-corrected chi connectivity index (χ2v) is 5.34. The van der Waals surface area contributed by atoms with Gasteiger partial charge in [0.2, 0.25) is 0 Å². The lowest BCUT2D eigenvalue weighted by Crippen LogP contribution is -2.48. The van der Waals surface area contributed by atoms with Crippen LogP contribution in [0.3, 0.4) is 0 Å². The van der Waals surface area contributed by atoms with Gasteiger partial charge in [0.1, 0.15) is 0 Å². The fourth-order valence-electron chi connectivity index (χ4n) is 3.11. The van der Waals surface area contributed by atoms with Gasteiger partial charge in [-0.1, -0.05) is 43.2 Å². The van der Waals surface area contributed by atoms with E-state index in [1.165, 1.54) is 18.4 Å². The molecule has 0 radical (unpaired) electrons. The Hall–Kier alpha value is -0.860. The topological polar surface area (TPSA) is 35.2 Å². The Labute approximate surface area is 111 Å². The zero-order chi connectivity index (χ0) is 12.8. The van der Waals surface area contributed by atoms with Crippen molar-refractivity contribution in [1.29, 1.82) is 0 Å². The van der Waals surface area contributed by atoms with Gasteiger partial charge in [0.15, 0.2) is 0 Å². The van der Waals surface area contributed by atoms with Gasteiger partial charge >= 0.3 is 0 Å². The summed E-state index contributed by atoms with van der Waals surface area (Å²) in [7, 11) is 0. The summed E-state index contributed by atoms with van der Waals surface area (Å²) in [5.74, 6) is 0. The van der Waals surface area contributed by atoms with Crippen LogP contribution in [0.5, 0.6) is 0 Å². The van der Waals surface area contributed by atoms with Gasteiger partial charge in [0.25, 0.3) is 0 Å². The van der Waals surface area contributed by atoms with Gasteiger partial charge in [0.05, 0.1) is 5.60 Å². The van der Waals surface area contributed by atoms with Crippen LogP contribution < -0.4 is 5.73 Å². The van der Waals surface area contributed by atoms with Crippen molar-refractivity contribution in [3.05, 3.63) is 35.9 Å². The minimum Gasteiger partial charge on any atom is -0.374 e. The fourth-order valence-corrected chi connectivity index (χ4v) is 3.11. The van der Waals surface area contributed by atoms with E-state index in [1.54, 1.807) is 0 Å². The summed E-state index contributed by atoms with van der Waals surface area (Å²) in [5.41, 5.74) is 7.76. The highest BCUT2D eigenvalue weighted by molar-refractivity contribution is 5.15. The van der Waals surface area contributed by atoms with E-state index in [0.717, 1.165) is 32.3 Å². The molecule has 1 fully saturated rings. The quantitative estimate of drug-likeness (QED) is 0.837. The molecule has 0 amide bonds. The summed E-state index contributed by atoms with van der Waals surface area (Å²) in [6.07, 6.45) is 6.87. The first-order valence-corrected chi connectivity index (χ1v) is 7.20. The van der Waals surface area contributed by atoms with Crippen molar-refractivity contribution in [2.45, 2.75) is 57.1 Å². The van der Waals surface area contributed by atoms with E-state index >= 15 is 0 Å². The highest BCUT2D eigenvalue weighted by Gasteiger charge is 2.39. The van der Waals surface area contributed by atoms with E-state index < -0.39 is 0 Å². The third kappa shape index (κ3) is 3.12. The Kier molecular flexibility index (Phi) is 4.79. The second kappa shape index (κ2) is 6.35. The lowest BCUT2D eigenvalue weighted by molar-refractivity contribution is -0.0541. The number of aryl methyl sites for hydroxylation is 1. The summed E-state index contributed by atoms with van der Waals surface area (Å²) in [5, 5.41) is 0. The monoisotopic (exact) mass is 247 g/mol. The van der Waals surface area contributed by atoms with Gasteiger partial charge in [-0.25, -0.2) is 0 Å². The molecule has 100 valence electrons. The maximum atomic E-state index is 6.42. The molecule has 1 aliphatic carbocycles. The van der Waals surface area contributed by atoms with E-state index in [-0.39, 0.29) is 11.6 Å². The van der Waals surface area contributed by atoms with Gasteiger partial charge in [-0.3, -0.25) is 0 Å². The van der Waals surface area contributed by atoms with Crippen LogP contribution in [0.25, 0.3) is 0 Å². The van der Waals surface area contributed by atoms with E-state index in [9.17, 15) is 0 Å². The lowest BCUT2D eigenvalue weighted by Gasteiger charge is -2.35. The normalized spacial score (nSPS) is 19.9. The minimum atomic E-state index is -0.0382. The number of hydrogen-bond acceptors (Lipinski definition) is 2. The molecule has 2 nitrogen and oxygen atoms in total. The molecule has 2 N–H and O–H groups in total. The Balaban J connectivity index is 1.91. The summed E-state index contributed by atoms with van der Waals surface area (Å²) >= 11 is 0. The molecule has 1 saturated carbocycles. The molecular formula is C16H25NO. The average molecular weight is 247 g/mol. The van der Waals surface area contributed by atoms with Gasteiger partial charge in [-0.15, -0.1) is 0 Å². The van der Waals surface area contributed by atoms with Crippen LogP contribution in [0.2, 0.25) is 0 Å². The fraction of sp³-hybridized carbons (Fsp3) is 0.625. The van der Waals surface area contributed by atoms with Gasteiger partial charge in [-0.2, -0.15) is 0 Å². The van der Waals surface area contributed by atoms with Crippen molar-refractivity contribution in [3.63, 3.8) is 0 Å². The predicted molar refractivity (Wildman–Crippen MR) is 75.6 cm³/mol. The van der Waals surface area contributed by atoms with Gasteiger partial charge in [0, 0.05) is 12.6 Å². The third-order valence-electron chi connectivity index (χ3n) is 4.14. The van der Waals surface area contributed by atoms with Gasteiger partial charge < -0.3 is 10.5 Å². The first-order valence-electron chi connectivity index (χ1n) is 7.20. The van der Waals surface area contributed by atoms with E-state index in [1.807, 2.05) is 0 Å². The molecule has 0 aliphatic heterocycles. The van der Waals surface area contributed by atoms with Crippen LogP contribution in [-0.2, 0) is 11.2 Å². The van der Waals surface area contributed by atoms with E-state index in [2.05, 4.69) is 37.3 Å². The van der Waals surface area contributed by atoms with Crippen molar-refractivity contribution < 1.29 is 4.74 Å². The Morgan fingerprint density at radius 1 is 1.22 bits per heavy atom. The number of rotatable bonds is 6. The lowest BCUT2D eigenvalue weighted by atomic mass is 9.88. The molecule has 2 rings (SSSR count). The van der Waals surface area contributed by atoms with Crippen LogP contribution in [0, 0.1) is 0 Å². The van der Waals surface area contributed by atoms with Crippen molar-refractivity contribution in [3.8, 4) is 0 Å². The second-order valence-electron chi connectivity index (χ2n) is 5.34. The molecular weight excluding hydrogens is 222 g/mol. The van der Waals surface area contributed by atoms with Gasteiger partial charge in [-0.05, 0) is 38.2 Å². The zero-order valence-electron chi connectivity index (χ0n) is 11.4. The highest BCUT2D eigenvalue weighted by Crippen LogP contribution is 2.36. The third-order valence-corrected chi connectivity index (χ3v) is 4.14. The first kappa shape index (κ1) is 13.6. The summed E-state index contributed by atoms with van der Waals surface area (Å²) in [6.45, 7) is 2.85. The van der Waals surface area contributed by atoms with Crippen molar-refractivity contribution in [1.82, 2.24) is 0 Å². The Morgan fingerprint density at radius 3 is 2.50 bits per heavy atom. The maximum Gasteiger partial charge on any atom is 0.0832 e. The first-order chi connectivity index (χ1) is 8.77. The van der Waals surface area contributed by atoms with Crippen molar-refractivity contribution in [2.75, 3.05) is 6.61 Å². The predicted octanol–water partition coefficient (Wildman–Crippen LogP) is 3.30. The molecule has 0 aromatic heterocycles. The van der Waals surface area contributed by atoms with Crippen LogP contribution in [-0.4, -0.2) is 18.2 Å². The summed E-state index contributed by atoms with van der Waals surface area (Å²) in [4.78, 5) is 0. The highest BCUT2D eigenvalue weighted by atomic mass is 16.5. The number of ether oxygens (including phenoxy) is 1. The number of benzene rings is 1. The summed E-state index contributed by atoms with van der Waals surface area (Å²) in [6, 6.07) is 10.8. The number of hydrogen-bond donors (Lipinski definition) is 1. The molecule has 18 heavy (non-hydrogen) atoms. The zero-order valence-corrected chi connectivity index (χ0v) is 11.4. The molecule has 0 heterocycles. The standard InChI is InChI=1S/C16H25NO/c1-2-18-16(12-6-7-13-16)15(17)11-10-14-8-4-3-5-9-14/h3-5,8-9,15H,2,6-7,10-13,17H2,1H3. The Morgan fingerprint density at radius 2 is 1.89 bits per heavy atom. The summed E-state index contributed by atoms with van der Waals surface area (Å²) < 4.78 is 6.02. The molecule has 1 unspecified atom stereocenters.